The summed E-state index contributed by atoms with van der Waals surface area (Å²) >= 11 is 0. The molecule has 3 N–H and O–H groups in total. The van der Waals surface area contributed by atoms with Crippen molar-refractivity contribution in [1.29, 1.82) is 0 Å². The van der Waals surface area contributed by atoms with Crippen molar-refractivity contribution in [2.24, 2.45) is 5.73 Å². The molecule has 82 valence electrons. The lowest BCUT2D eigenvalue weighted by atomic mass is 10.0. The Morgan fingerprint density at radius 2 is 2.00 bits per heavy atom. The van der Waals surface area contributed by atoms with Crippen LogP contribution in [0.5, 0.6) is 0 Å². The van der Waals surface area contributed by atoms with Gasteiger partial charge in [0, 0.05) is 12.0 Å². The van der Waals surface area contributed by atoms with Gasteiger partial charge in [-0.3, -0.25) is 9.59 Å². The first-order chi connectivity index (χ1) is 6.35. The SMILES string of the molecule is CCOC(=O)CNC(=O)CC(C)(C)N. The molecule has 0 saturated heterocycles. The van der Waals surface area contributed by atoms with Crippen molar-refractivity contribution < 1.29 is 14.3 Å². The van der Waals surface area contributed by atoms with Crippen LogP contribution in [0.4, 0.5) is 0 Å². The van der Waals surface area contributed by atoms with E-state index in [2.05, 4.69) is 10.1 Å². The summed E-state index contributed by atoms with van der Waals surface area (Å²) in [5.74, 6) is -0.679. The molecule has 1 amide bonds. The van der Waals surface area contributed by atoms with Crippen LogP contribution in [0.1, 0.15) is 27.2 Å². The third-order valence-electron chi connectivity index (χ3n) is 1.35. The fraction of sp³-hybridized carbons (Fsp3) is 0.778. The molecule has 5 nitrogen and oxygen atoms in total. The summed E-state index contributed by atoms with van der Waals surface area (Å²) < 4.78 is 4.64. The van der Waals surface area contributed by atoms with Crippen LogP contribution in [-0.4, -0.2) is 30.6 Å². The van der Waals surface area contributed by atoms with Crippen LogP contribution in [0.15, 0.2) is 0 Å². The molecule has 0 heterocycles. The lowest BCUT2D eigenvalue weighted by Crippen LogP contribution is -2.40. The highest BCUT2D eigenvalue weighted by Gasteiger charge is 2.16. The number of ether oxygens (including phenoxy) is 1. The lowest BCUT2D eigenvalue weighted by molar-refractivity contribution is -0.143. The van der Waals surface area contributed by atoms with Crippen LogP contribution in [0.25, 0.3) is 0 Å². The van der Waals surface area contributed by atoms with Gasteiger partial charge in [-0.25, -0.2) is 0 Å². The van der Waals surface area contributed by atoms with E-state index < -0.39 is 11.5 Å². The molecule has 0 radical (unpaired) electrons. The zero-order chi connectivity index (χ0) is 11.2. The lowest BCUT2D eigenvalue weighted by Gasteiger charge is -2.17. The maximum Gasteiger partial charge on any atom is 0.325 e. The highest BCUT2D eigenvalue weighted by Crippen LogP contribution is 2.02. The number of carbonyl (C=O) groups is 2. The van der Waals surface area contributed by atoms with Gasteiger partial charge in [0.05, 0.1) is 6.61 Å². The number of nitrogens with one attached hydrogen (secondary N) is 1. The Hall–Kier alpha value is -1.10. The molecule has 0 fully saturated rings. The normalized spacial score (nSPS) is 10.9. The Bertz CT molecular complexity index is 209. The molecule has 0 spiro atoms. The van der Waals surface area contributed by atoms with Gasteiger partial charge < -0.3 is 15.8 Å². The second-order valence-electron chi connectivity index (χ2n) is 3.75. The molecule has 0 aromatic heterocycles. The van der Waals surface area contributed by atoms with E-state index in [0.717, 1.165) is 0 Å². The second-order valence-corrected chi connectivity index (χ2v) is 3.75. The van der Waals surface area contributed by atoms with Crippen LogP contribution in [0, 0.1) is 0 Å². The minimum atomic E-state index is -0.557. The molecule has 0 bridgehead atoms. The summed E-state index contributed by atoms with van der Waals surface area (Å²) in [5.41, 5.74) is 5.07. The van der Waals surface area contributed by atoms with Crippen molar-refractivity contribution >= 4 is 11.9 Å². The van der Waals surface area contributed by atoms with Crippen molar-refractivity contribution in [2.75, 3.05) is 13.2 Å². The van der Waals surface area contributed by atoms with Crippen LogP contribution in [-0.2, 0) is 14.3 Å². The minimum Gasteiger partial charge on any atom is -0.465 e. The van der Waals surface area contributed by atoms with E-state index in [1.807, 2.05) is 0 Å². The quantitative estimate of drug-likeness (QED) is 0.604. The van der Waals surface area contributed by atoms with Gasteiger partial charge in [-0.2, -0.15) is 0 Å². The van der Waals surface area contributed by atoms with E-state index in [-0.39, 0.29) is 18.9 Å². The van der Waals surface area contributed by atoms with Crippen molar-refractivity contribution in [1.82, 2.24) is 5.32 Å². The van der Waals surface area contributed by atoms with E-state index in [1.54, 1.807) is 20.8 Å². The number of hydrogen-bond donors (Lipinski definition) is 2. The van der Waals surface area contributed by atoms with E-state index in [0.29, 0.717) is 6.61 Å². The molecule has 0 aromatic carbocycles. The first-order valence-corrected chi connectivity index (χ1v) is 4.56. The Morgan fingerprint density at radius 3 is 2.43 bits per heavy atom. The summed E-state index contributed by atoms with van der Waals surface area (Å²) in [6.07, 6.45) is 0.187. The Balaban J connectivity index is 3.70. The van der Waals surface area contributed by atoms with Gasteiger partial charge in [-0.15, -0.1) is 0 Å². The second kappa shape index (κ2) is 5.59. The average Bonchev–Trinajstić information content (AvgIpc) is 1.98. The molecular formula is C9H18N2O3. The molecule has 0 atom stereocenters. The summed E-state index contributed by atoms with van der Waals surface area (Å²) in [6, 6.07) is 0. The number of esters is 1. The molecule has 0 unspecified atom stereocenters. The van der Waals surface area contributed by atoms with Crippen LogP contribution in [0.2, 0.25) is 0 Å². The Labute approximate surface area is 84.0 Å². The van der Waals surface area contributed by atoms with Gasteiger partial charge in [-0.1, -0.05) is 0 Å². The largest absolute Gasteiger partial charge is 0.465 e. The van der Waals surface area contributed by atoms with Crippen LogP contribution < -0.4 is 11.1 Å². The van der Waals surface area contributed by atoms with Crippen molar-refractivity contribution in [3.05, 3.63) is 0 Å². The van der Waals surface area contributed by atoms with E-state index in [1.165, 1.54) is 0 Å². The predicted molar refractivity (Wildman–Crippen MR) is 52.5 cm³/mol. The molecular weight excluding hydrogens is 184 g/mol. The van der Waals surface area contributed by atoms with Crippen molar-refractivity contribution in [2.45, 2.75) is 32.7 Å². The van der Waals surface area contributed by atoms with E-state index in [9.17, 15) is 9.59 Å². The number of nitrogens with two attached hydrogens (primary N) is 1. The monoisotopic (exact) mass is 202 g/mol. The highest BCUT2D eigenvalue weighted by atomic mass is 16.5. The number of hydrogen-bond acceptors (Lipinski definition) is 4. The maximum atomic E-state index is 11.2. The fourth-order valence-corrected chi connectivity index (χ4v) is 0.859. The van der Waals surface area contributed by atoms with Crippen molar-refractivity contribution in [3.8, 4) is 0 Å². The molecule has 0 saturated carbocycles. The van der Waals surface area contributed by atoms with Gasteiger partial charge in [0.2, 0.25) is 5.91 Å². The minimum absolute atomic E-state index is 0.0945. The third-order valence-corrected chi connectivity index (χ3v) is 1.35. The summed E-state index contributed by atoms with van der Waals surface area (Å²) in [4.78, 5) is 22.0. The van der Waals surface area contributed by atoms with Gasteiger partial charge in [0.25, 0.3) is 0 Å². The topological polar surface area (TPSA) is 81.4 Å². The van der Waals surface area contributed by atoms with Gasteiger partial charge in [0.15, 0.2) is 0 Å². The molecule has 5 heteroatoms. The molecule has 0 aromatic rings. The molecule has 0 aliphatic rings. The average molecular weight is 202 g/mol. The maximum absolute atomic E-state index is 11.2. The van der Waals surface area contributed by atoms with Crippen molar-refractivity contribution in [3.63, 3.8) is 0 Å². The first kappa shape index (κ1) is 12.9. The molecule has 14 heavy (non-hydrogen) atoms. The predicted octanol–water partition coefficient (Wildman–Crippen LogP) is -0.207. The molecule has 0 aliphatic carbocycles. The van der Waals surface area contributed by atoms with Crippen LogP contribution in [0.3, 0.4) is 0 Å². The number of carbonyl (C=O) groups excluding carboxylic acids is 2. The van der Waals surface area contributed by atoms with Gasteiger partial charge >= 0.3 is 5.97 Å². The summed E-state index contributed by atoms with van der Waals surface area (Å²) in [6.45, 7) is 5.43. The zero-order valence-corrected chi connectivity index (χ0v) is 8.92. The summed E-state index contributed by atoms with van der Waals surface area (Å²) in [7, 11) is 0. The number of amides is 1. The summed E-state index contributed by atoms with van der Waals surface area (Å²) in [5, 5.41) is 2.43. The molecule has 0 rings (SSSR count). The standard InChI is InChI=1S/C9H18N2O3/c1-4-14-8(13)6-11-7(12)5-9(2,3)10/h4-6,10H2,1-3H3,(H,11,12). The zero-order valence-electron chi connectivity index (χ0n) is 8.92. The van der Waals surface area contributed by atoms with E-state index in [4.69, 9.17) is 5.73 Å². The van der Waals surface area contributed by atoms with Gasteiger partial charge in [-0.05, 0) is 20.8 Å². The highest BCUT2D eigenvalue weighted by molar-refractivity contribution is 5.82. The first-order valence-electron chi connectivity index (χ1n) is 4.56. The van der Waals surface area contributed by atoms with Crippen LogP contribution >= 0.6 is 0 Å². The number of rotatable bonds is 5. The fourth-order valence-electron chi connectivity index (χ4n) is 0.859. The molecule has 0 aliphatic heterocycles. The third kappa shape index (κ3) is 7.54. The smallest absolute Gasteiger partial charge is 0.325 e. The van der Waals surface area contributed by atoms with E-state index >= 15 is 0 Å². The van der Waals surface area contributed by atoms with Gasteiger partial charge in [0.1, 0.15) is 6.54 Å². The Morgan fingerprint density at radius 1 is 1.43 bits per heavy atom. The Kier molecular flexibility index (Phi) is 5.15.